The van der Waals surface area contributed by atoms with Gasteiger partial charge in [0.05, 0.1) is 18.0 Å². The van der Waals surface area contributed by atoms with Gasteiger partial charge in [-0.2, -0.15) is 0 Å². The number of anilines is 2. The third-order valence-electron chi connectivity index (χ3n) is 5.66. The number of aliphatic hydroxyl groups is 1. The summed E-state index contributed by atoms with van der Waals surface area (Å²) in [5, 5.41) is 12.9. The van der Waals surface area contributed by atoms with Crippen molar-refractivity contribution in [3.05, 3.63) is 53.6 Å². The quantitative estimate of drug-likeness (QED) is 0.760. The number of sulfonamides is 1. The molecule has 4 rings (SSSR count). The lowest BCUT2D eigenvalue weighted by atomic mass is 9.95. The van der Waals surface area contributed by atoms with E-state index in [0.29, 0.717) is 35.7 Å². The lowest BCUT2D eigenvalue weighted by molar-refractivity contribution is 0.00688. The summed E-state index contributed by atoms with van der Waals surface area (Å²) < 4.78 is 31.0. The number of carbonyl (C=O) groups is 1. The summed E-state index contributed by atoms with van der Waals surface area (Å²) in [6.45, 7) is 0.399. The molecule has 2 N–H and O–H groups in total. The number of amides is 1. The zero-order chi connectivity index (χ0) is 21.3. The van der Waals surface area contributed by atoms with Crippen LogP contribution in [0.25, 0.3) is 0 Å². The Morgan fingerprint density at radius 2 is 1.87 bits per heavy atom. The molecule has 1 fully saturated rings. The molecule has 0 saturated heterocycles. The van der Waals surface area contributed by atoms with Gasteiger partial charge in [0, 0.05) is 17.8 Å². The maximum absolute atomic E-state index is 12.6. The second-order valence-corrected chi connectivity index (χ2v) is 9.82. The molecule has 2 atom stereocenters. The van der Waals surface area contributed by atoms with Crippen molar-refractivity contribution in [3.8, 4) is 5.75 Å². The summed E-state index contributed by atoms with van der Waals surface area (Å²) in [5.74, 6) is 0.407. The normalized spacial score (nSPS) is 21.2. The fourth-order valence-electron chi connectivity index (χ4n) is 4.07. The molecule has 0 aromatic heterocycles. The van der Waals surface area contributed by atoms with Crippen molar-refractivity contribution in [1.29, 1.82) is 0 Å². The van der Waals surface area contributed by atoms with Crippen LogP contribution in [0.2, 0.25) is 0 Å². The molecule has 8 heteroatoms. The summed E-state index contributed by atoms with van der Waals surface area (Å²) in [6, 6.07) is 12.2. The van der Waals surface area contributed by atoms with Crippen molar-refractivity contribution in [2.75, 3.05) is 22.4 Å². The fraction of sp³-hybridized carbons (Fsp3) is 0.409. The van der Waals surface area contributed by atoms with Crippen LogP contribution in [-0.2, 0) is 16.4 Å². The third-order valence-corrected chi connectivity index (χ3v) is 6.84. The standard InChI is InChI=1S/C22H26N2O5S/c1-30(27,28)24-13-12-15-14-16(6-11-19(15)24)22(26)23-17-7-9-18(10-8-17)29-21-5-3-2-4-20(21)25/h6-11,14,20-21,25H,2-5,12-13H2,1H3,(H,23,26). The Morgan fingerprint density at radius 3 is 2.57 bits per heavy atom. The SMILES string of the molecule is CS(=O)(=O)N1CCc2cc(C(=O)Nc3ccc(OC4CCCCC4O)cc3)ccc21. The van der Waals surface area contributed by atoms with E-state index in [-0.39, 0.29) is 12.0 Å². The molecule has 160 valence electrons. The number of fused-ring (bicyclic) bond motifs is 1. The first-order valence-electron chi connectivity index (χ1n) is 10.2. The van der Waals surface area contributed by atoms with Gasteiger partial charge in [0.15, 0.2) is 0 Å². The van der Waals surface area contributed by atoms with E-state index in [9.17, 15) is 18.3 Å². The number of rotatable bonds is 5. The van der Waals surface area contributed by atoms with Gasteiger partial charge in [0.1, 0.15) is 11.9 Å². The second-order valence-electron chi connectivity index (χ2n) is 7.92. The van der Waals surface area contributed by atoms with E-state index in [4.69, 9.17) is 4.74 Å². The number of nitrogens with zero attached hydrogens (tertiary/aromatic N) is 1. The van der Waals surface area contributed by atoms with Gasteiger partial charge in [-0.05, 0) is 73.7 Å². The lowest BCUT2D eigenvalue weighted by Gasteiger charge is -2.28. The van der Waals surface area contributed by atoms with E-state index in [0.717, 1.165) is 31.2 Å². The van der Waals surface area contributed by atoms with Gasteiger partial charge in [-0.1, -0.05) is 6.42 Å². The third kappa shape index (κ3) is 4.44. The van der Waals surface area contributed by atoms with Crippen molar-refractivity contribution in [2.45, 2.75) is 44.3 Å². The van der Waals surface area contributed by atoms with Gasteiger partial charge in [0.2, 0.25) is 10.0 Å². The van der Waals surface area contributed by atoms with Gasteiger partial charge in [-0.3, -0.25) is 9.10 Å². The number of ether oxygens (including phenoxy) is 1. The van der Waals surface area contributed by atoms with Crippen molar-refractivity contribution in [1.82, 2.24) is 0 Å². The highest BCUT2D eigenvalue weighted by Crippen LogP contribution is 2.31. The molecule has 2 unspecified atom stereocenters. The molecule has 30 heavy (non-hydrogen) atoms. The van der Waals surface area contributed by atoms with Crippen LogP contribution in [0.5, 0.6) is 5.75 Å². The molecule has 7 nitrogen and oxygen atoms in total. The van der Waals surface area contributed by atoms with Crippen LogP contribution in [0.3, 0.4) is 0 Å². The minimum absolute atomic E-state index is 0.183. The first-order valence-corrected chi connectivity index (χ1v) is 12.0. The molecule has 1 saturated carbocycles. The Morgan fingerprint density at radius 1 is 1.13 bits per heavy atom. The first kappa shape index (κ1) is 20.7. The van der Waals surface area contributed by atoms with Crippen LogP contribution in [0.15, 0.2) is 42.5 Å². The Hall–Kier alpha value is -2.58. The molecule has 0 bridgehead atoms. The molecular formula is C22H26N2O5S. The van der Waals surface area contributed by atoms with E-state index >= 15 is 0 Å². The molecule has 1 heterocycles. The minimum atomic E-state index is -3.31. The molecule has 0 spiro atoms. The summed E-state index contributed by atoms with van der Waals surface area (Å²) in [7, 11) is -3.31. The zero-order valence-electron chi connectivity index (χ0n) is 16.9. The van der Waals surface area contributed by atoms with Crippen LogP contribution in [0, 0.1) is 0 Å². The van der Waals surface area contributed by atoms with Gasteiger partial charge in [-0.15, -0.1) is 0 Å². The van der Waals surface area contributed by atoms with Crippen LogP contribution in [0.1, 0.15) is 41.6 Å². The number of nitrogens with one attached hydrogen (secondary N) is 1. The van der Waals surface area contributed by atoms with E-state index < -0.39 is 16.1 Å². The predicted octanol–water partition coefficient (Wildman–Crippen LogP) is 2.94. The molecule has 1 aliphatic carbocycles. The highest BCUT2D eigenvalue weighted by Gasteiger charge is 2.27. The summed E-state index contributed by atoms with van der Waals surface area (Å²) in [6.07, 6.45) is 4.84. The fourth-order valence-corrected chi connectivity index (χ4v) is 5.03. The number of hydrogen-bond donors (Lipinski definition) is 2. The average molecular weight is 431 g/mol. The average Bonchev–Trinajstić information content (AvgIpc) is 3.15. The van der Waals surface area contributed by atoms with Crippen molar-refractivity contribution < 1.29 is 23.1 Å². The monoisotopic (exact) mass is 430 g/mol. The van der Waals surface area contributed by atoms with Gasteiger partial charge >= 0.3 is 0 Å². The van der Waals surface area contributed by atoms with Crippen LogP contribution in [0.4, 0.5) is 11.4 Å². The van der Waals surface area contributed by atoms with Gasteiger partial charge < -0.3 is 15.2 Å². The van der Waals surface area contributed by atoms with Crippen molar-refractivity contribution >= 4 is 27.3 Å². The molecule has 2 aliphatic rings. The van der Waals surface area contributed by atoms with Crippen LogP contribution >= 0.6 is 0 Å². The van der Waals surface area contributed by atoms with E-state index in [1.807, 2.05) is 0 Å². The van der Waals surface area contributed by atoms with E-state index in [1.165, 1.54) is 10.6 Å². The predicted molar refractivity (Wildman–Crippen MR) is 116 cm³/mol. The largest absolute Gasteiger partial charge is 0.488 e. The summed E-state index contributed by atoms with van der Waals surface area (Å²) in [4.78, 5) is 12.6. The summed E-state index contributed by atoms with van der Waals surface area (Å²) >= 11 is 0. The van der Waals surface area contributed by atoms with E-state index in [1.54, 1.807) is 42.5 Å². The maximum Gasteiger partial charge on any atom is 0.255 e. The van der Waals surface area contributed by atoms with Crippen LogP contribution < -0.4 is 14.4 Å². The number of hydrogen-bond acceptors (Lipinski definition) is 5. The maximum atomic E-state index is 12.6. The molecular weight excluding hydrogens is 404 g/mol. The topological polar surface area (TPSA) is 95.9 Å². The molecule has 2 aromatic rings. The molecule has 1 amide bonds. The minimum Gasteiger partial charge on any atom is -0.488 e. The second kappa shape index (κ2) is 8.28. The highest BCUT2D eigenvalue weighted by atomic mass is 32.2. The first-order chi connectivity index (χ1) is 14.3. The Labute approximate surface area is 176 Å². The van der Waals surface area contributed by atoms with Crippen molar-refractivity contribution in [2.24, 2.45) is 0 Å². The number of aliphatic hydroxyl groups excluding tert-OH is 1. The molecule has 2 aromatic carbocycles. The Balaban J connectivity index is 1.41. The smallest absolute Gasteiger partial charge is 0.255 e. The zero-order valence-corrected chi connectivity index (χ0v) is 17.7. The molecule has 0 radical (unpaired) electrons. The Kier molecular flexibility index (Phi) is 5.71. The molecule has 1 aliphatic heterocycles. The number of benzene rings is 2. The number of carbonyl (C=O) groups excluding carboxylic acids is 1. The lowest BCUT2D eigenvalue weighted by Crippen LogP contribution is -2.34. The van der Waals surface area contributed by atoms with Gasteiger partial charge in [0.25, 0.3) is 5.91 Å². The van der Waals surface area contributed by atoms with Crippen molar-refractivity contribution in [3.63, 3.8) is 0 Å². The Bertz CT molecular complexity index is 1040. The van der Waals surface area contributed by atoms with Gasteiger partial charge in [-0.25, -0.2) is 8.42 Å². The van der Waals surface area contributed by atoms with E-state index in [2.05, 4.69) is 5.32 Å². The summed E-state index contributed by atoms with van der Waals surface area (Å²) in [5.41, 5.74) is 2.60. The highest BCUT2D eigenvalue weighted by molar-refractivity contribution is 7.92. The van der Waals surface area contributed by atoms with Crippen LogP contribution in [-0.4, -0.2) is 44.4 Å².